The van der Waals surface area contributed by atoms with Crippen LogP contribution < -0.4 is 5.48 Å². The molecular formula is C21H30ClIN4O3. The Hall–Kier alpha value is -1.20. The smallest absolute Gasteiger partial charge is 0.245 e. The molecule has 0 fully saturated rings. The molecule has 2 rings (SSSR count). The van der Waals surface area contributed by atoms with E-state index in [2.05, 4.69) is 38.1 Å². The first kappa shape index (κ1) is 25.1. The second-order valence-electron chi connectivity index (χ2n) is 7.32. The lowest BCUT2D eigenvalue weighted by molar-refractivity contribution is -0.132. The number of methoxy groups -OCH3 is 1. The summed E-state index contributed by atoms with van der Waals surface area (Å²) in [6.07, 6.45) is 5.40. The minimum absolute atomic E-state index is 0.0540. The third-order valence-electron chi connectivity index (χ3n) is 5.10. The van der Waals surface area contributed by atoms with E-state index in [4.69, 9.17) is 21.5 Å². The Balaban J connectivity index is 2.18. The summed E-state index contributed by atoms with van der Waals surface area (Å²) in [4.78, 5) is 11.9. The Labute approximate surface area is 197 Å². The van der Waals surface area contributed by atoms with Crippen LogP contribution in [0.25, 0.3) is 0 Å². The van der Waals surface area contributed by atoms with Crippen LogP contribution in [0.3, 0.4) is 0 Å². The second-order valence-corrected chi connectivity index (χ2v) is 9.40. The zero-order valence-corrected chi connectivity index (χ0v) is 20.3. The van der Waals surface area contributed by atoms with Gasteiger partial charge in [-0.25, -0.2) is 5.48 Å². The van der Waals surface area contributed by atoms with Gasteiger partial charge in [0.1, 0.15) is 0 Å². The Morgan fingerprint density at radius 2 is 2.03 bits per heavy atom. The third kappa shape index (κ3) is 8.14. The first-order valence-corrected chi connectivity index (χ1v) is 11.4. The fourth-order valence-electron chi connectivity index (χ4n) is 3.53. The predicted octanol–water partition coefficient (Wildman–Crippen LogP) is 4.23. The topological polar surface area (TPSA) is 79.6 Å². The number of aryl methyl sites for hydroxylation is 1. The van der Waals surface area contributed by atoms with Crippen LogP contribution in [0.4, 0.5) is 0 Å². The van der Waals surface area contributed by atoms with Gasteiger partial charge in [-0.1, -0.05) is 30.2 Å². The molecule has 0 spiro atoms. The molecule has 1 aromatic carbocycles. The first-order valence-electron chi connectivity index (χ1n) is 10.0. The molecule has 0 aliphatic rings. The Kier molecular flexibility index (Phi) is 11.1. The maximum absolute atomic E-state index is 11.9. The van der Waals surface area contributed by atoms with Gasteiger partial charge >= 0.3 is 0 Å². The fraction of sp³-hybridized carbons (Fsp3) is 0.524. The SMILES string of the molecule is CO[C@H](CC(=O)NO)[C@H](Cc1ccc(Cl)cc1)c1ccnn1CCCCCN(C)I. The number of ether oxygens (including phenoxy) is 1. The van der Waals surface area contributed by atoms with Gasteiger partial charge in [0.05, 0.1) is 12.5 Å². The van der Waals surface area contributed by atoms with Crippen LogP contribution in [0.5, 0.6) is 0 Å². The van der Waals surface area contributed by atoms with Crippen molar-refractivity contribution in [1.29, 1.82) is 0 Å². The molecule has 1 amide bonds. The molecule has 0 unspecified atom stereocenters. The summed E-state index contributed by atoms with van der Waals surface area (Å²) in [5, 5.41) is 14.2. The molecule has 0 aliphatic heterocycles. The van der Waals surface area contributed by atoms with Crippen molar-refractivity contribution in [3.8, 4) is 0 Å². The van der Waals surface area contributed by atoms with E-state index in [1.807, 2.05) is 35.0 Å². The van der Waals surface area contributed by atoms with E-state index in [1.165, 1.54) is 0 Å². The normalized spacial score (nSPS) is 13.4. The monoisotopic (exact) mass is 548 g/mol. The fourth-order valence-corrected chi connectivity index (χ4v) is 4.00. The van der Waals surface area contributed by atoms with E-state index >= 15 is 0 Å². The highest BCUT2D eigenvalue weighted by molar-refractivity contribution is 14.1. The van der Waals surface area contributed by atoms with E-state index in [-0.39, 0.29) is 12.3 Å². The maximum Gasteiger partial charge on any atom is 0.245 e. The zero-order valence-electron chi connectivity index (χ0n) is 17.4. The zero-order chi connectivity index (χ0) is 21.9. The van der Waals surface area contributed by atoms with E-state index in [0.29, 0.717) is 11.4 Å². The van der Waals surface area contributed by atoms with E-state index in [1.54, 1.807) is 18.8 Å². The highest BCUT2D eigenvalue weighted by Gasteiger charge is 2.28. The quantitative estimate of drug-likeness (QED) is 0.129. The molecule has 2 N–H and O–H groups in total. The van der Waals surface area contributed by atoms with Crippen LogP contribution in [-0.2, 0) is 22.5 Å². The average Bonchev–Trinajstić information content (AvgIpc) is 3.19. The van der Waals surface area contributed by atoms with Gasteiger partial charge in [0.2, 0.25) is 5.91 Å². The second kappa shape index (κ2) is 13.3. The number of carbonyl (C=O) groups excluding carboxylic acids is 1. The van der Waals surface area contributed by atoms with Crippen LogP contribution in [0.2, 0.25) is 5.02 Å². The number of nitrogens with zero attached hydrogens (tertiary/aromatic N) is 3. The Morgan fingerprint density at radius 3 is 2.67 bits per heavy atom. The van der Waals surface area contributed by atoms with Crippen molar-refractivity contribution in [2.24, 2.45) is 0 Å². The van der Waals surface area contributed by atoms with E-state index < -0.39 is 12.0 Å². The number of unbranched alkanes of at least 4 members (excludes halogenated alkanes) is 2. The van der Waals surface area contributed by atoms with Gasteiger partial charge in [-0.2, -0.15) is 5.10 Å². The highest BCUT2D eigenvalue weighted by atomic mass is 127. The van der Waals surface area contributed by atoms with Gasteiger partial charge < -0.3 is 4.74 Å². The number of halogens is 2. The lowest BCUT2D eigenvalue weighted by atomic mass is 9.89. The number of nitrogens with one attached hydrogen (secondary N) is 1. The lowest BCUT2D eigenvalue weighted by Crippen LogP contribution is -2.32. The average molecular weight is 549 g/mol. The van der Waals surface area contributed by atoms with Gasteiger partial charge in [0.25, 0.3) is 0 Å². The number of benzene rings is 1. The number of aromatic nitrogens is 2. The van der Waals surface area contributed by atoms with Crippen LogP contribution >= 0.6 is 34.5 Å². The predicted molar refractivity (Wildman–Crippen MR) is 126 cm³/mol. The number of carbonyl (C=O) groups is 1. The van der Waals surface area contributed by atoms with Crippen LogP contribution in [0.15, 0.2) is 36.5 Å². The number of amides is 1. The first-order chi connectivity index (χ1) is 14.4. The molecule has 2 atom stereocenters. The molecule has 0 radical (unpaired) electrons. The highest BCUT2D eigenvalue weighted by Crippen LogP contribution is 2.29. The molecule has 1 aromatic heterocycles. The minimum Gasteiger partial charge on any atom is -0.380 e. The number of hydroxylamine groups is 1. The Morgan fingerprint density at radius 1 is 1.30 bits per heavy atom. The molecular weight excluding hydrogens is 519 g/mol. The summed E-state index contributed by atoms with van der Waals surface area (Å²) < 4.78 is 9.86. The summed E-state index contributed by atoms with van der Waals surface area (Å²) in [6, 6.07) is 9.67. The molecule has 166 valence electrons. The van der Waals surface area contributed by atoms with Gasteiger partial charge in [0, 0.05) is 65.9 Å². The summed E-state index contributed by atoms with van der Waals surface area (Å²) in [5.74, 6) is -0.576. The van der Waals surface area contributed by atoms with Crippen molar-refractivity contribution >= 4 is 40.4 Å². The number of rotatable bonds is 13. The molecule has 0 bridgehead atoms. The van der Waals surface area contributed by atoms with Gasteiger partial charge in [0.15, 0.2) is 0 Å². The van der Waals surface area contributed by atoms with E-state index in [9.17, 15) is 4.79 Å². The van der Waals surface area contributed by atoms with E-state index in [0.717, 1.165) is 43.6 Å². The van der Waals surface area contributed by atoms with Crippen molar-refractivity contribution in [1.82, 2.24) is 18.4 Å². The molecule has 7 nitrogen and oxygen atoms in total. The van der Waals surface area contributed by atoms with Crippen LogP contribution in [0, 0.1) is 0 Å². The Bertz CT molecular complexity index is 770. The van der Waals surface area contributed by atoms with Crippen molar-refractivity contribution in [3.05, 3.63) is 52.8 Å². The van der Waals surface area contributed by atoms with Crippen molar-refractivity contribution in [2.75, 3.05) is 20.7 Å². The maximum atomic E-state index is 11.9. The third-order valence-corrected chi connectivity index (χ3v) is 5.83. The van der Waals surface area contributed by atoms with Crippen molar-refractivity contribution in [2.45, 2.75) is 50.7 Å². The molecule has 1 heterocycles. The standard InChI is InChI=1S/C21H30ClIN4O3/c1-26(23)12-4-3-5-13-27-19(10-11-24-27)18(20(30-2)15-21(28)25-29)14-16-6-8-17(22)9-7-16/h6-11,18,20,29H,3-5,12-15H2,1-2H3,(H,25,28)/t18-,20-/m1/s1. The molecule has 0 saturated carbocycles. The molecule has 2 aromatic rings. The van der Waals surface area contributed by atoms with Crippen LogP contribution in [0.1, 0.15) is 42.9 Å². The summed E-state index contributed by atoms with van der Waals surface area (Å²) in [5.41, 5.74) is 3.82. The van der Waals surface area contributed by atoms with Crippen molar-refractivity contribution < 1.29 is 14.7 Å². The largest absolute Gasteiger partial charge is 0.380 e. The van der Waals surface area contributed by atoms with Gasteiger partial charge in [-0.05, 0) is 50.1 Å². The molecule has 0 saturated heterocycles. The molecule has 30 heavy (non-hydrogen) atoms. The van der Waals surface area contributed by atoms with Gasteiger partial charge in [-0.3, -0.25) is 17.8 Å². The summed E-state index contributed by atoms with van der Waals surface area (Å²) >= 11 is 8.33. The summed E-state index contributed by atoms with van der Waals surface area (Å²) in [6.45, 7) is 1.88. The molecule has 9 heteroatoms. The van der Waals surface area contributed by atoms with Crippen molar-refractivity contribution in [3.63, 3.8) is 0 Å². The summed E-state index contributed by atoms with van der Waals surface area (Å²) in [7, 11) is 3.66. The minimum atomic E-state index is -0.475. The number of hydrogen-bond donors (Lipinski definition) is 2. The number of hydrogen-bond acceptors (Lipinski definition) is 5. The lowest BCUT2D eigenvalue weighted by Gasteiger charge is -2.26. The van der Waals surface area contributed by atoms with Crippen LogP contribution in [-0.4, -0.2) is 50.8 Å². The molecule has 0 aliphatic carbocycles. The van der Waals surface area contributed by atoms with Gasteiger partial charge in [-0.15, -0.1) is 0 Å².